The van der Waals surface area contributed by atoms with Crippen molar-refractivity contribution in [3.63, 3.8) is 0 Å². The molecule has 2 amide bonds. The van der Waals surface area contributed by atoms with E-state index in [1.54, 1.807) is 42.5 Å². The fourth-order valence-electron chi connectivity index (χ4n) is 3.68. The van der Waals surface area contributed by atoms with Gasteiger partial charge in [0, 0.05) is 11.8 Å². The minimum Gasteiger partial charge on any atom is -0.494 e. The van der Waals surface area contributed by atoms with E-state index < -0.39 is 17.6 Å². The van der Waals surface area contributed by atoms with Gasteiger partial charge in [-0.2, -0.15) is 0 Å². The Hall–Kier alpha value is -4.13. The molecule has 0 saturated heterocycles. The van der Waals surface area contributed by atoms with Gasteiger partial charge in [-0.05, 0) is 61.4 Å². The molecule has 7 heteroatoms. The number of benzene rings is 3. The first-order valence-electron chi connectivity index (χ1n) is 11.1. The first-order valence-corrected chi connectivity index (χ1v) is 11.1. The Morgan fingerprint density at radius 3 is 2.32 bits per heavy atom. The monoisotopic (exact) mass is 460 g/mol. The number of rotatable bonds is 9. The Morgan fingerprint density at radius 1 is 0.853 bits per heavy atom. The van der Waals surface area contributed by atoms with E-state index in [2.05, 4.69) is 5.32 Å². The summed E-state index contributed by atoms with van der Waals surface area (Å²) < 4.78 is 25.1. The molecule has 1 aliphatic rings. The van der Waals surface area contributed by atoms with Crippen LogP contribution in [0.1, 0.15) is 25.8 Å². The standard InChI is InChI=1S/C27H25FN2O4/c1-3-15-34-23-10-6-8-20(17-23)29-25-24(18-11-13-22(14-12-18)33-4-2)26(31)30(27(25)32)21-9-5-7-19(28)16-21/h5-14,16-17,29H,3-4,15H2,1-2H3. The number of amides is 2. The zero-order valence-corrected chi connectivity index (χ0v) is 19.0. The van der Waals surface area contributed by atoms with Gasteiger partial charge in [-0.3, -0.25) is 9.59 Å². The van der Waals surface area contributed by atoms with Crippen molar-refractivity contribution in [2.24, 2.45) is 0 Å². The molecule has 0 fully saturated rings. The van der Waals surface area contributed by atoms with Crippen LogP contribution in [0.3, 0.4) is 0 Å². The summed E-state index contributed by atoms with van der Waals surface area (Å²) in [5, 5.41) is 3.10. The van der Waals surface area contributed by atoms with E-state index in [0.29, 0.717) is 36.0 Å². The average Bonchev–Trinajstić information content (AvgIpc) is 3.08. The molecule has 0 radical (unpaired) electrons. The van der Waals surface area contributed by atoms with Crippen LogP contribution in [0.15, 0.2) is 78.5 Å². The number of hydrogen-bond acceptors (Lipinski definition) is 5. The van der Waals surface area contributed by atoms with Crippen molar-refractivity contribution in [2.45, 2.75) is 20.3 Å². The van der Waals surface area contributed by atoms with Crippen LogP contribution >= 0.6 is 0 Å². The van der Waals surface area contributed by atoms with Crippen LogP contribution in [0.2, 0.25) is 0 Å². The number of carbonyl (C=O) groups is 2. The molecule has 0 saturated carbocycles. The Balaban J connectivity index is 1.75. The number of hydrogen-bond donors (Lipinski definition) is 1. The van der Waals surface area contributed by atoms with Gasteiger partial charge in [-0.25, -0.2) is 9.29 Å². The van der Waals surface area contributed by atoms with E-state index in [4.69, 9.17) is 9.47 Å². The minimum absolute atomic E-state index is 0.103. The van der Waals surface area contributed by atoms with Gasteiger partial charge >= 0.3 is 0 Å². The van der Waals surface area contributed by atoms with Gasteiger partial charge in [0.2, 0.25) is 0 Å². The van der Waals surface area contributed by atoms with Gasteiger partial charge in [0.05, 0.1) is 24.5 Å². The van der Waals surface area contributed by atoms with Crippen molar-refractivity contribution in [1.82, 2.24) is 0 Å². The second kappa shape index (κ2) is 10.2. The highest BCUT2D eigenvalue weighted by atomic mass is 19.1. The Morgan fingerprint density at radius 2 is 1.62 bits per heavy atom. The molecule has 0 aliphatic carbocycles. The maximum atomic E-state index is 13.9. The van der Waals surface area contributed by atoms with E-state index in [1.165, 1.54) is 18.2 Å². The molecule has 34 heavy (non-hydrogen) atoms. The third-order valence-electron chi connectivity index (χ3n) is 5.18. The maximum absolute atomic E-state index is 13.9. The van der Waals surface area contributed by atoms with Gasteiger partial charge in [-0.1, -0.05) is 31.2 Å². The van der Waals surface area contributed by atoms with Crippen LogP contribution < -0.4 is 19.7 Å². The van der Waals surface area contributed by atoms with Gasteiger partial charge in [-0.15, -0.1) is 0 Å². The zero-order chi connectivity index (χ0) is 24.1. The highest BCUT2D eigenvalue weighted by Crippen LogP contribution is 2.35. The smallest absolute Gasteiger partial charge is 0.282 e. The molecule has 0 bridgehead atoms. The summed E-state index contributed by atoms with van der Waals surface area (Å²) in [6, 6.07) is 19.5. The molecule has 6 nitrogen and oxygen atoms in total. The van der Waals surface area contributed by atoms with E-state index in [9.17, 15) is 14.0 Å². The summed E-state index contributed by atoms with van der Waals surface area (Å²) in [7, 11) is 0. The molecule has 4 rings (SSSR count). The third-order valence-corrected chi connectivity index (χ3v) is 5.18. The lowest BCUT2D eigenvalue weighted by atomic mass is 10.0. The van der Waals surface area contributed by atoms with Gasteiger partial charge in [0.1, 0.15) is 23.0 Å². The summed E-state index contributed by atoms with van der Waals surface area (Å²) >= 11 is 0. The summed E-state index contributed by atoms with van der Waals surface area (Å²) in [6.07, 6.45) is 0.861. The van der Waals surface area contributed by atoms with Gasteiger partial charge < -0.3 is 14.8 Å². The van der Waals surface area contributed by atoms with Crippen LogP contribution in [0.25, 0.3) is 5.57 Å². The second-order valence-electron chi connectivity index (χ2n) is 7.63. The van der Waals surface area contributed by atoms with Crippen LogP contribution in [0.4, 0.5) is 15.8 Å². The summed E-state index contributed by atoms with van der Waals surface area (Å²) in [4.78, 5) is 27.9. The third kappa shape index (κ3) is 4.78. The van der Waals surface area contributed by atoms with E-state index in [1.807, 2.05) is 19.9 Å². The summed E-state index contributed by atoms with van der Waals surface area (Å²) in [5.74, 6) is -0.349. The second-order valence-corrected chi connectivity index (χ2v) is 7.63. The fraction of sp³-hybridized carbons (Fsp3) is 0.185. The minimum atomic E-state index is -0.570. The zero-order valence-electron chi connectivity index (χ0n) is 19.0. The number of ether oxygens (including phenoxy) is 2. The largest absolute Gasteiger partial charge is 0.494 e. The number of nitrogens with zero attached hydrogens (tertiary/aromatic N) is 1. The lowest BCUT2D eigenvalue weighted by molar-refractivity contribution is -0.120. The highest BCUT2D eigenvalue weighted by molar-refractivity contribution is 6.46. The predicted molar refractivity (Wildman–Crippen MR) is 129 cm³/mol. The highest BCUT2D eigenvalue weighted by Gasteiger charge is 2.40. The lowest BCUT2D eigenvalue weighted by Gasteiger charge is -2.15. The average molecular weight is 461 g/mol. The van der Waals surface area contributed by atoms with Crippen molar-refractivity contribution in [3.05, 3.63) is 89.9 Å². The molecule has 1 heterocycles. The van der Waals surface area contributed by atoms with E-state index in [0.717, 1.165) is 17.4 Å². The molecule has 3 aromatic rings. The van der Waals surface area contributed by atoms with Crippen molar-refractivity contribution in [3.8, 4) is 11.5 Å². The molecule has 0 unspecified atom stereocenters. The Labute approximate surface area is 197 Å². The van der Waals surface area contributed by atoms with Gasteiger partial charge in [0.15, 0.2) is 0 Å². The van der Waals surface area contributed by atoms with Crippen molar-refractivity contribution >= 4 is 28.8 Å². The van der Waals surface area contributed by atoms with E-state index in [-0.39, 0.29) is 17.0 Å². The number of carbonyl (C=O) groups excluding carboxylic acids is 2. The molecule has 3 aromatic carbocycles. The molecule has 1 aliphatic heterocycles. The maximum Gasteiger partial charge on any atom is 0.282 e. The van der Waals surface area contributed by atoms with Crippen molar-refractivity contribution in [1.29, 1.82) is 0 Å². The molecular weight excluding hydrogens is 435 g/mol. The predicted octanol–water partition coefficient (Wildman–Crippen LogP) is 5.41. The quantitative estimate of drug-likeness (QED) is 0.433. The number of nitrogens with one attached hydrogen (secondary N) is 1. The normalized spacial score (nSPS) is 13.4. The first-order chi connectivity index (χ1) is 16.5. The molecular formula is C27H25FN2O4. The van der Waals surface area contributed by atoms with Crippen LogP contribution in [0, 0.1) is 5.82 Å². The lowest BCUT2D eigenvalue weighted by Crippen LogP contribution is -2.32. The van der Waals surface area contributed by atoms with Crippen molar-refractivity contribution in [2.75, 3.05) is 23.4 Å². The van der Waals surface area contributed by atoms with Gasteiger partial charge in [0.25, 0.3) is 11.8 Å². The molecule has 0 spiro atoms. The van der Waals surface area contributed by atoms with Crippen molar-refractivity contribution < 1.29 is 23.5 Å². The SMILES string of the molecule is CCCOc1cccc(NC2=C(c3ccc(OCC)cc3)C(=O)N(c3cccc(F)c3)C2=O)c1. The first kappa shape index (κ1) is 23.0. The molecule has 1 N–H and O–H groups in total. The number of imide groups is 1. The fourth-order valence-corrected chi connectivity index (χ4v) is 3.68. The van der Waals surface area contributed by atoms with E-state index >= 15 is 0 Å². The van der Waals surface area contributed by atoms with Crippen LogP contribution in [-0.2, 0) is 9.59 Å². The Bertz CT molecular complexity index is 1240. The Kier molecular flexibility index (Phi) is 6.92. The summed E-state index contributed by atoms with van der Waals surface area (Å²) in [5.41, 5.74) is 1.59. The topological polar surface area (TPSA) is 67.9 Å². The molecule has 0 atom stereocenters. The molecule has 0 aromatic heterocycles. The number of halogens is 1. The summed E-state index contributed by atoms with van der Waals surface area (Å²) in [6.45, 7) is 4.97. The van der Waals surface area contributed by atoms with Crippen LogP contribution in [0.5, 0.6) is 11.5 Å². The molecule has 174 valence electrons. The van der Waals surface area contributed by atoms with Crippen LogP contribution in [-0.4, -0.2) is 25.0 Å². The number of anilines is 2.